The summed E-state index contributed by atoms with van der Waals surface area (Å²) >= 11 is 0. The molecule has 18 heavy (non-hydrogen) atoms. The lowest BCUT2D eigenvalue weighted by molar-refractivity contribution is 0.0555. The number of halogens is 3. The first-order chi connectivity index (χ1) is 8.49. The highest BCUT2D eigenvalue weighted by Gasteiger charge is 2.27. The van der Waals surface area contributed by atoms with E-state index in [-0.39, 0.29) is 11.6 Å². The highest BCUT2D eigenvalue weighted by molar-refractivity contribution is 5.11. The van der Waals surface area contributed by atoms with Crippen LogP contribution in [-0.4, -0.2) is 33.8 Å². The van der Waals surface area contributed by atoms with Crippen LogP contribution >= 0.6 is 0 Å². The second-order valence-electron chi connectivity index (χ2n) is 5.02. The van der Waals surface area contributed by atoms with Gasteiger partial charge in [0.15, 0.2) is 5.82 Å². The molecule has 0 amide bonds. The lowest BCUT2D eigenvalue weighted by Gasteiger charge is -2.33. The topological polar surface area (TPSA) is 21.1 Å². The van der Waals surface area contributed by atoms with Crippen molar-refractivity contribution in [2.75, 3.05) is 13.1 Å². The first kappa shape index (κ1) is 13.4. The van der Waals surface area contributed by atoms with E-state index in [1.165, 1.54) is 0 Å². The highest BCUT2D eigenvalue weighted by atomic mass is 19.3. The van der Waals surface area contributed by atoms with Gasteiger partial charge in [0.2, 0.25) is 0 Å². The average molecular weight is 261 g/mol. The van der Waals surface area contributed by atoms with Gasteiger partial charge in [0.05, 0.1) is 6.20 Å². The Kier molecular flexibility index (Phi) is 3.94. The predicted molar refractivity (Wildman–Crippen MR) is 62.1 cm³/mol. The zero-order valence-electron chi connectivity index (χ0n) is 10.6. The number of piperidine rings is 1. The van der Waals surface area contributed by atoms with E-state index in [9.17, 15) is 13.2 Å². The minimum absolute atomic E-state index is 0.0417. The third kappa shape index (κ3) is 2.68. The summed E-state index contributed by atoms with van der Waals surface area (Å²) in [6, 6.07) is 0.467. The van der Waals surface area contributed by atoms with Crippen molar-refractivity contribution in [3.05, 3.63) is 17.7 Å². The lowest BCUT2D eigenvalue weighted by Crippen LogP contribution is -2.38. The molecule has 1 aromatic heterocycles. The van der Waals surface area contributed by atoms with Gasteiger partial charge in [-0.2, -0.15) is 13.9 Å². The van der Waals surface area contributed by atoms with Crippen LogP contribution in [0, 0.1) is 5.82 Å². The van der Waals surface area contributed by atoms with Crippen molar-refractivity contribution >= 4 is 0 Å². The number of rotatable bonds is 3. The molecular formula is C12H18F3N3. The van der Waals surface area contributed by atoms with Crippen LogP contribution in [0.1, 0.15) is 44.9 Å². The Morgan fingerprint density at radius 1 is 1.28 bits per heavy atom. The van der Waals surface area contributed by atoms with Crippen LogP contribution in [0.3, 0.4) is 0 Å². The molecule has 0 aromatic carbocycles. The van der Waals surface area contributed by atoms with Gasteiger partial charge in [0.25, 0.3) is 0 Å². The smallest absolute Gasteiger partial charge is 0.301 e. The second-order valence-corrected chi connectivity index (χ2v) is 5.02. The van der Waals surface area contributed by atoms with Crippen LogP contribution in [0.5, 0.6) is 0 Å². The van der Waals surface area contributed by atoms with Crippen molar-refractivity contribution in [1.82, 2.24) is 14.7 Å². The normalized spacial score (nSPS) is 19.1. The number of hydrogen-bond acceptors (Lipinski definition) is 2. The summed E-state index contributed by atoms with van der Waals surface area (Å²) in [5.41, 5.74) is 0.193. The van der Waals surface area contributed by atoms with E-state index in [0.717, 1.165) is 32.1 Å². The molecule has 1 saturated heterocycles. The van der Waals surface area contributed by atoms with E-state index in [1.807, 2.05) is 0 Å². The van der Waals surface area contributed by atoms with Gasteiger partial charge >= 0.3 is 6.55 Å². The number of aromatic nitrogens is 2. The average Bonchev–Trinajstić information content (AvgIpc) is 2.71. The van der Waals surface area contributed by atoms with E-state index < -0.39 is 12.4 Å². The van der Waals surface area contributed by atoms with Crippen LogP contribution in [0.15, 0.2) is 6.20 Å². The van der Waals surface area contributed by atoms with E-state index in [4.69, 9.17) is 0 Å². The Morgan fingerprint density at radius 3 is 2.33 bits per heavy atom. The van der Waals surface area contributed by atoms with Crippen molar-refractivity contribution in [2.45, 2.75) is 45.2 Å². The summed E-state index contributed by atoms with van der Waals surface area (Å²) in [5.74, 6) is -0.654. The van der Waals surface area contributed by atoms with Gasteiger partial charge in [0, 0.05) is 12.0 Å². The molecule has 2 heterocycles. The van der Waals surface area contributed by atoms with Crippen molar-refractivity contribution in [3.63, 3.8) is 0 Å². The fourth-order valence-electron chi connectivity index (χ4n) is 2.45. The molecule has 102 valence electrons. The molecule has 0 N–H and O–H groups in total. The van der Waals surface area contributed by atoms with Crippen molar-refractivity contribution in [3.8, 4) is 0 Å². The number of hydrogen-bond donors (Lipinski definition) is 0. The minimum Gasteiger partial charge on any atom is -0.301 e. The number of alkyl halides is 2. The fourth-order valence-corrected chi connectivity index (χ4v) is 2.45. The van der Waals surface area contributed by atoms with Gasteiger partial charge in [-0.1, -0.05) is 0 Å². The van der Waals surface area contributed by atoms with Gasteiger partial charge < -0.3 is 4.90 Å². The van der Waals surface area contributed by atoms with Crippen LogP contribution in [0.4, 0.5) is 13.2 Å². The van der Waals surface area contributed by atoms with Gasteiger partial charge in [0.1, 0.15) is 5.69 Å². The van der Waals surface area contributed by atoms with Gasteiger partial charge in [-0.25, -0.2) is 9.07 Å². The summed E-state index contributed by atoms with van der Waals surface area (Å²) in [5, 5.41) is 3.68. The highest BCUT2D eigenvalue weighted by Crippen LogP contribution is 2.30. The second kappa shape index (κ2) is 5.30. The Balaban J connectivity index is 2.05. The summed E-state index contributed by atoms with van der Waals surface area (Å²) in [6.45, 7) is 3.19. The van der Waals surface area contributed by atoms with Gasteiger partial charge in [-0.15, -0.1) is 0 Å². The van der Waals surface area contributed by atoms with Crippen molar-refractivity contribution < 1.29 is 13.2 Å². The molecular weight excluding hydrogens is 243 g/mol. The van der Waals surface area contributed by atoms with Gasteiger partial charge in [-0.3, -0.25) is 0 Å². The molecule has 0 atom stereocenters. The van der Waals surface area contributed by atoms with Crippen molar-refractivity contribution in [2.24, 2.45) is 0 Å². The molecule has 1 fully saturated rings. The predicted octanol–water partition coefficient (Wildman–Crippen LogP) is 3.01. The summed E-state index contributed by atoms with van der Waals surface area (Å²) in [7, 11) is 0. The molecule has 0 radical (unpaired) electrons. The van der Waals surface area contributed by atoms with E-state index >= 15 is 0 Å². The maximum atomic E-state index is 13.6. The zero-order chi connectivity index (χ0) is 13.3. The molecule has 3 nitrogen and oxygen atoms in total. The first-order valence-corrected chi connectivity index (χ1v) is 6.25. The molecule has 6 heteroatoms. The SMILES string of the molecule is CC(C)N1CCC(c2nn(C(F)F)cc2F)CC1. The quantitative estimate of drug-likeness (QED) is 0.834. The van der Waals surface area contributed by atoms with Crippen LogP contribution in [0.25, 0.3) is 0 Å². The summed E-state index contributed by atoms with van der Waals surface area (Å²) < 4.78 is 38.8. The van der Waals surface area contributed by atoms with Crippen LogP contribution < -0.4 is 0 Å². The minimum atomic E-state index is -2.77. The Bertz CT molecular complexity index is 395. The molecule has 2 rings (SSSR count). The van der Waals surface area contributed by atoms with Gasteiger partial charge in [-0.05, 0) is 39.8 Å². The third-order valence-electron chi connectivity index (χ3n) is 3.56. The molecule has 0 aliphatic carbocycles. The van der Waals surface area contributed by atoms with Crippen molar-refractivity contribution in [1.29, 1.82) is 0 Å². The summed E-state index contributed by atoms with van der Waals surface area (Å²) in [6.07, 6.45) is 2.33. The van der Waals surface area contributed by atoms with Crippen LogP contribution in [0.2, 0.25) is 0 Å². The molecule has 1 aromatic rings. The van der Waals surface area contributed by atoms with E-state index in [1.54, 1.807) is 0 Å². The Morgan fingerprint density at radius 2 is 1.89 bits per heavy atom. The third-order valence-corrected chi connectivity index (χ3v) is 3.56. The number of likely N-dealkylation sites (tertiary alicyclic amines) is 1. The molecule has 1 aliphatic rings. The molecule has 0 unspecified atom stereocenters. The summed E-state index contributed by atoms with van der Waals surface area (Å²) in [4.78, 5) is 2.30. The van der Waals surface area contributed by atoms with E-state index in [0.29, 0.717) is 10.7 Å². The largest absolute Gasteiger partial charge is 0.333 e. The Hall–Kier alpha value is -1.04. The lowest BCUT2D eigenvalue weighted by atomic mass is 9.93. The standard InChI is InChI=1S/C12H18F3N3/c1-8(2)17-5-3-9(4-6-17)11-10(13)7-18(16-11)12(14)15/h7-9,12H,3-6H2,1-2H3. The molecule has 0 bridgehead atoms. The molecule has 1 aliphatic heterocycles. The Labute approximate surface area is 105 Å². The monoisotopic (exact) mass is 261 g/mol. The van der Waals surface area contributed by atoms with Crippen LogP contribution in [-0.2, 0) is 0 Å². The number of nitrogens with zero attached hydrogens (tertiary/aromatic N) is 3. The molecule has 0 spiro atoms. The maximum Gasteiger partial charge on any atom is 0.333 e. The zero-order valence-corrected chi connectivity index (χ0v) is 10.6. The maximum absolute atomic E-state index is 13.6. The van der Waals surface area contributed by atoms with E-state index in [2.05, 4.69) is 23.8 Å². The first-order valence-electron chi connectivity index (χ1n) is 6.25. The molecule has 0 saturated carbocycles. The fraction of sp³-hybridized carbons (Fsp3) is 0.750.